The summed E-state index contributed by atoms with van der Waals surface area (Å²) in [5.41, 5.74) is 3.62. The molecule has 4 aliphatic rings. The summed E-state index contributed by atoms with van der Waals surface area (Å²) >= 11 is 1.65. The summed E-state index contributed by atoms with van der Waals surface area (Å²) in [6.07, 6.45) is 15.6. The lowest BCUT2D eigenvalue weighted by Gasteiger charge is -2.57. The molecule has 0 spiro atoms. The van der Waals surface area contributed by atoms with Gasteiger partial charge < -0.3 is 5.32 Å². The Bertz CT molecular complexity index is 1250. The van der Waals surface area contributed by atoms with E-state index in [9.17, 15) is 8.78 Å². The minimum atomic E-state index is -0.581. The number of benzene rings is 1. The highest BCUT2D eigenvalue weighted by atomic mass is 32.1. The quantitative estimate of drug-likeness (QED) is 0.369. The summed E-state index contributed by atoms with van der Waals surface area (Å²) in [4.78, 5) is 6.17. The summed E-state index contributed by atoms with van der Waals surface area (Å²) in [6.45, 7) is 12.5. The van der Waals surface area contributed by atoms with Gasteiger partial charge in [0, 0.05) is 6.07 Å². The predicted molar refractivity (Wildman–Crippen MR) is 159 cm³/mol. The van der Waals surface area contributed by atoms with Gasteiger partial charge in [0.25, 0.3) is 0 Å². The number of aryl methyl sites for hydroxylation is 1. The van der Waals surface area contributed by atoms with Crippen LogP contribution in [-0.2, 0) is 6.42 Å². The fourth-order valence-electron chi connectivity index (χ4n) is 9.66. The summed E-state index contributed by atoms with van der Waals surface area (Å²) < 4.78 is 27.7. The second-order valence-electron chi connectivity index (χ2n) is 14.2. The van der Waals surface area contributed by atoms with Crippen LogP contribution < -0.4 is 5.32 Å². The Morgan fingerprint density at radius 3 is 2.64 bits per heavy atom. The van der Waals surface area contributed by atoms with Gasteiger partial charge in [-0.05, 0) is 109 Å². The fourth-order valence-corrected chi connectivity index (χ4v) is 10.9. The first-order valence-corrected chi connectivity index (χ1v) is 16.3. The smallest absolute Gasteiger partial charge is 0.188 e. The molecule has 0 amide bonds. The van der Waals surface area contributed by atoms with E-state index in [1.165, 1.54) is 73.9 Å². The largest absolute Gasteiger partial charge is 0.329 e. The first kappa shape index (κ1) is 27.4. The number of nitrogens with one attached hydrogen (secondary N) is 1. The van der Waals surface area contributed by atoms with E-state index in [4.69, 9.17) is 4.98 Å². The number of rotatable bonds is 7. The third-order valence-electron chi connectivity index (χ3n) is 11.7. The van der Waals surface area contributed by atoms with Crippen LogP contribution in [0.15, 0.2) is 24.3 Å². The number of anilines is 2. The fraction of sp³-hybridized carbons (Fsp3) is 0.676. The minimum absolute atomic E-state index is 0.198. The standard InChI is InChI=1S/C34H46F2N2S/c1-20(2)7-6-8-21(3)24-12-13-25-23-10-11-27-31-30(16-18-34(27,5)26(23)15-17-33(24,25)4)38-32(39-31)37-29-14-9-22(35)19-28(29)36/h9,11,14,19-21,23-26H,6-8,10,12-13,15-18H2,1-5H3,(H,37,38)/t21?,23-,24?,25-,26-,33+,34+/m0/s1. The summed E-state index contributed by atoms with van der Waals surface area (Å²) in [5.74, 6) is 3.78. The van der Waals surface area contributed by atoms with Crippen molar-refractivity contribution in [2.45, 2.75) is 98.8 Å². The molecule has 7 atom stereocenters. The Morgan fingerprint density at radius 1 is 1.05 bits per heavy atom. The van der Waals surface area contributed by atoms with Crippen LogP contribution in [-0.4, -0.2) is 4.98 Å². The number of thiazole rings is 1. The molecule has 0 aliphatic heterocycles. The number of nitrogens with zero attached hydrogens (tertiary/aromatic N) is 1. The normalized spacial score (nSPS) is 34.1. The maximum Gasteiger partial charge on any atom is 0.188 e. The average molecular weight is 553 g/mol. The molecule has 39 heavy (non-hydrogen) atoms. The van der Waals surface area contributed by atoms with Crippen molar-refractivity contribution < 1.29 is 8.78 Å². The van der Waals surface area contributed by atoms with E-state index in [0.29, 0.717) is 10.5 Å². The number of fused-ring (bicyclic) bond motifs is 7. The van der Waals surface area contributed by atoms with E-state index in [2.05, 4.69) is 46.0 Å². The molecule has 2 saturated carbocycles. The van der Waals surface area contributed by atoms with Crippen LogP contribution in [0, 0.1) is 58.0 Å². The molecule has 0 radical (unpaired) electrons. The number of halogens is 2. The van der Waals surface area contributed by atoms with Gasteiger partial charge in [-0.15, -0.1) is 0 Å². The maximum absolute atomic E-state index is 14.3. The number of hydrogen-bond donors (Lipinski definition) is 1. The number of hydrogen-bond acceptors (Lipinski definition) is 3. The average Bonchev–Trinajstić information content (AvgIpc) is 3.45. The zero-order valence-electron chi connectivity index (χ0n) is 24.5. The monoisotopic (exact) mass is 552 g/mol. The maximum atomic E-state index is 14.3. The van der Waals surface area contributed by atoms with Gasteiger partial charge >= 0.3 is 0 Å². The van der Waals surface area contributed by atoms with Gasteiger partial charge in [-0.2, -0.15) is 0 Å². The third-order valence-corrected chi connectivity index (χ3v) is 12.7. The molecule has 0 saturated heterocycles. The van der Waals surface area contributed by atoms with Crippen LogP contribution in [0.3, 0.4) is 0 Å². The van der Waals surface area contributed by atoms with Gasteiger partial charge in [-0.1, -0.05) is 71.3 Å². The third kappa shape index (κ3) is 4.69. The van der Waals surface area contributed by atoms with Crippen molar-refractivity contribution in [3.05, 3.63) is 46.5 Å². The van der Waals surface area contributed by atoms with E-state index in [1.54, 1.807) is 11.3 Å². The van der Waals surface area contributed by atoms with Gasteiger partial charge in [-0.3, -0.25) is 0 Å². The van der Waals surface area contributed by atoms with Crippen LogP contribution in [0.5, 0.6) is 0 Å². The van der Waals surface area contributed by atoms with Crippen LogP contribution in [0.1, 0.15) is 103 Å². The summed E-state index contributed by atoms with van der Waals surface area (Å²) in [7, 11) is 0. The Labute approximate surface area is 238 Å². The molecule has 1 aromatic carbocycles. The van der Waals surface area contributed by atoms with Gasteiger partial charge in [0.15, 0.2) is 5.13 Å². The van der Waals surface area contributed by atoms with E-state index < -0.39 is 11.6 Å². The SMILES string of the molecule is CC(C)CCCC(C)C1CC[C@H]2[C@@H]3CC=C4c5sc(Nc6ccc(F)cc6F)nc5CC[C@]4(C)[C@H]3CC[C@]12C. The topological polar surface area (TPSA) is 24.9 Å². The molecule has 6 rings (SSSR count). The summed E-state index contributed by atoms with van der Waals surface area (Å²) in [5, 5.41) is 3.84. The van der Waals surface area contributed by atoms with E-state index in [1.807, 2.05) is 0 Å². The molecule has 2 fully saturated rings. The highest BCUT2D eigenvalue weighted by molar-refractivity contribution is 7.16. The van der Waals surface area contributed by atoms with Gasteiger partial charge in [-0.25, -0.2) is 13.8 Å². The molecule has 5 heteroatoms. The van der Waals surface area contributed by atoms with Crippen LogP contribution in [0.2, 0.25) is 0 Å². The van der Waals surface area contributed by atoms with Crippen LogP contribution in [0.25, 0.3) is 5.57 Å². The molecule has 1 N–H and O–H groups in total. The number of allylic oxidation sites excluding steroid dienone is 2. The zero-order chi connectivity index (χ0) is 27.5. The summed E-state index contributed by atoms with van der Waals surface area (Å²) in [6, 6.07) is 3.67. The highest BCUT2D eigenvalue weighted by Crippen LogP contribution is 2.68. The molecule has 2 aromatic rings. The van der Waals surface area contributed by atoms with Gasteiger partial charge in [0.2, 0.25) is 0 Å². The van der Waals surface area contributed by atoms with E-state index >= 15 is 0 Å². The molecule has 2 unspecified atom stereocenters. The van der Waals surface area contributed by atoms with Crippen LogP contribution >= 0.6 is 11.3 Å². The lowest BCUT2D eigenvalue weighted by atomic mass is 9.47. The van der Waals surface area contributed by atoms with Crippen molar-refractivity contribution in [2.75, 3.05) is 5.32 Å². The van der Waals surface area contributed by atoms with Gasteiger partial charge in [0.05, 0.1) is 16.3 Å². The molecular formula is C34H46F2N2S. The molecule has 2 nitrogen and oxygen atoms in total. The van der Waals surface area contributed by atoms with Crippen molar-refractivity contribution in [1.29, 1.82) is 0 Å². The Kier molecular flexibility index (Phi) is 7.22. The molecular weight excluding hydrogens is 506 g/mol. The predicted octanol–water partition coefficient (Wildman–Crippen LogP) is 10.4. The van der Waals surface area contributed by atoms with Gasteiger partial charge in [0.1, 0.15) is 11.6 Å². The van der Waals surface area contributed by atoms with Crippen molar-refractivity contribution in [3.8, 4) is 0 Å². The van der Waals surface area contributed by atoms with E-state index in [0.717, 1.165) is 60.1 Å². The Hall–Kier alpha value is -1.75. The zero-order valence-corrected chi connectivity index (χ0v) is 25.3. The first-order valence-electron chi connectivity index (χ1n) is 15.5. The van der Waals surface area contributed by atoms with Crippen LogP contribution in [0.4, 0.5) is 19.6 Å². The Balaban J connectivity index is 1.22. The molecule has 1 aromatic heterocycles. The van der Waals surface area contributed by atoms with Crippen molar-refractivity contribution >= 4 is 27.7 Å². The second kappa shape index (κ2) is 10.3. The molecule has 212 valence electrons. The molecule has 1 heterocycles. The van der Waals surface area contributed by atoms with Crippen molar-refractivity contribution in [1.82, 2.24) is 4.98 Å². The second-order valence-corrected chi connectivity index (χ2v) is 15.2. The first-order chi connectivity index (χ1) is 18.6. The van der Waals surface area contributed by atoms with E-state index in [-0.39, 0.29) is 11.1 Å². The number of aromatic nitrogens is 1. The van der Waals surface area contributed by atoms with Crippen molar-refractivity contribution in [3.63, 3.8) is 0 Å². The molecule has 4 aliphatic carbocycles. The highest BCUT2D eigenvalue weighted by Gasteiger charge is 2.59. The Morgan fingerprint density at radius 2 is 1.87 bits per heavy atom. The molecule has 0 bridgehead atoms. The minimum Gasteiger partial charge on any atom is -0.329 e. The lowest BCUT2D eigenvalue weighted by Crippen LogP contribution is -2.49. The lowest BCUT2D eigenvalue weighted by molar-refractivity contribution is -0.0392. The van der Waals surface area contributed by atoms with Crippen molar-refractivity contribution in [2.24, 2.45) is 46.3 Å².